The zero-order chi connectivity index (χ0) is 18.5. The molecule has 0 bridgehead atoms. The Hall–Kier alpha value is -2.47. The molecular weight excluding hydrogens is 330 g/mol. The fourth-order valence-corrected chi connectivity index (χ4v) is 2.50. The van der Waals surface area contributed by atoms with E-state index < -0.39 is 0 Å². The summed E-state index contributed by atoms with van der Waals surface area (Å²) in [4.78, 5) is 4.24. The highest BCUT2D eigenvalue weighted by Crippen LogP contribution is 2.13. The van der Waals surface area contributed by atoms with Crippen molar-refractivity contribution in [2.75, 3.05) is 33.9 Å². The third kappa shape index (κ3) is 7.61. The number of hydrogen-bond acceptors (Lipinski definition) is 4. The molecule has 2 rings (SSSR count). The van der Waals surface area contributed by atoms with Gasteiger partial charge in [-0.25, -0.2) is 0 Å². The smallest absolute Gasteiger partial charge is 0.190 e. The van der Waals surface area contributed by atoms with Crippen molar-refractivity contribution in [1.29, 1.82) is 0 Å². The Labute approximate surface area is 155 Å². The van der Waals surface area contributed by atoms with Gasteiger partial charge in [-0.1, -0.05) is 12.1 Å². The molecule has 0 atom stereocenters. The molecule has 0 unspecified atom stereocenters. The van der Waals surface area contributed by atoms with E-state index in [4.69, 9.17) is 13.9 Å². The summed E-state index contributed by atoms with van der Waals surface area (Å²) in [5.74, 6) is 2.58. The maximum atomic E-state index is 5.56. The molecule has 0 amide bonds. The van der Waals surface area contributed by atoms with Crippen LogP contribution in [0.2, 0.25) is 0 Å². The van der Waals surface area contributed by atoms with E-state index in [0.717, 1.165) is 49.8 Å². The van der Waals surface area contributed by atoms with E-state index in [-0.39, 0.29) is 0 Å². The third-order valence-corrected chi connectivity index (χ3v) is 3.87. The molecule has 2 N–H and O–H groups in total. The summed E-state index contributed by atoms with van der Waals surface area (Å²) in [7, 11) is 3.48. The number of nitrogens with one attached hydrogen (secondary N) is 2. The summed E-state index contributed by atoms with van der Waals surface area (Å²) >= 11 is 0. The first kappa shape index (κ1) is 19.8. The topological polar surface area (TPSA) is 68.0 Å². The van der Waals surface area contributed by atoms with Gasteiger partial charge in [0.15, 0.2) is 5.96 Å². The average Bonchev–Trinajstić information content (AvgIpc) is 3.19. The highest BCUT2D eigenvalue weighted by molar-refractivity contribution is 5.79. The molecule has 26 heavy (non-hydrogen) atoms. The molecule has 6 heteroatoms. The largest absolute Gasteiger partial charge is 0.497 e. The first-order valence-electron chi connectivity index (χ1n) is 8.99. The number of furan rings is 1. The van der Waals surface area contributed by atoms with Crippen molar-refractivity contribution in [3.8, 4) is 5.75 Å². The van der Waals surface area contributed by atoms with Crippen molar-refractivity contribution in [1.82, 2.24) is 10.6 Å². The molecule has 0 radical (unpaired) electrons. The van der Waals surface area contributed by atoms with Crippen LogP contribution < -0.4 is 15.4 Å². The van der Waals surface area contributed by atoms with E-state index in [1.54, 1.807) is 20.4 Å². The lowest BCUT2D eigenvalue weighted by Crippen LogP contribution is -2.38. The number of aryl methyl sites for hydroxylation is 1. The fourth-order valence-electron chi connectivity index (χ4n) is 2.50. The lowest BCUT2D eigenvalue weighted by Gasteiger charge is -2.12. The number of ether oxygens (including phenoxy) is 2. The van der Waals surface area contributed by atoms with Crippen molar-refractivity contribution in [2.45, 2.75) is 25.9 Å². The summed E-state index contributed by atoms with van der Waals surface area (Å²) in [6.45, 7) is 2.88. The number of aliphatic imine (C=N–C) groups is 1. The molecule has 1 aromatic carbocycles. The van der Waals surface area contributed by atoms with Crippen molar-refractivity contribution in [3.63, 3.8) is 0 Å². The Kier molecular flexibility index (Phi) is 9.14. The van der Waals surface area contributed by atoms with Crippen LogP contribution in [0.1, 0.15) is 24.2 Å². The van der Waals surface area contributed by atoms with Gasteiger partial charge in [-0.2, -0.15) is 0 Å². The Balaban J connectivity index is 1.52. The highest BCUT2D eigenvalue weighted by Gasteiger charge is 2.00. The standard InChI is InChI=1S/C20H29N3O3/c1-21-20(23-12-6-13-25-16-19-10-5-14-26-19)22-11-4-8-17-7-3-9-18(15-17)24-2/h3,5,7,9-10,14-15H,4,6,8,11-13,16H2,1-2H3,(H2,21,22,23). The highest BCUT2D eigenvalue weighted by atomic mass is 16.5. The number of guanidine groups is 1. The second-order valence-electron chi connectivity index (χ2n) is 5.87. The van der Waals surface area contributed by atoms with Gasteiger partial charge in [-0.3, -0.25) is 4.99 Å². The van der Waals surface area contributed by atoms with Crippen LogP contribution in [-0.2, 0) is 17.8 Å². The third-order valence-electron chi connectivity index (χ3n) is 3.87. The van der Waals surface area contributed by atoms with E-state index in [2.05, 4.69) is 27.8 Å². The molecule has 0 aliphatic heterocycles. The quantitative estimate of drug-likeness (QED) is 0.367. The van der Waals surface area contributed by atoms with Gasteiger partial charge in [-0.15, -0.1) is 0 Å². The SMILES string of the molecule is CN=C(NCCCOCc1ccco1)NCCCc1cccc(OC)c1. The van der Waals surface area contributed by atoms with Gasteiger partial charge in [0.1, 0.15) is 18.1 Å². The maximum absolute atomic E-state index is 5.56. The van der Waals surface area contributed by atoms with Crippen LogP contribution in [0.4, 0.5) is 0 Å². The lowest BCUT2D eigenvalue weighted by molar-refractivity contribution is 0.105. The Morgan fingerprint density at radius 1 is 1.12 bits per heavy atom. The second kappa shape index (κ2) is 12.0. The molecule has 1 aromatic heterocycles. The van der Waals surface area contributed by atoms with Crippen LogP contribution >= 0.6 is 0 Å². The van der Waals surface area contributed by atoms with E-state index >= 15 is 0 Å². The number of methoxy groups -OCH3 is 1. The van der Waals surface area contributed by atoms with Crippen molar-refractivity contribution in [3.05, 3.63) is 54.0 Å². The molecule has 142 valence electrons. The van der Waals surface area contributed by atoms with Crippen LogP contribution in [0, 0.1) is 0 Å². The summed E-state index contributed by atoms with van der Waals surface area (Å²) < 4.78 is 16.0. The van der Waals surface area contributed by atoms with Crippen LogP contribution in [-0.4, -0.2) is 39.8 Å². The minimum absolute atomic E-state index is 0.518. The lowest BCUT2D eigenvalue weighted by atomic mass is 10.1. The van der Waals surface area contributed by atoms with Gasteiger partial charge < -0.3 is 24.5 Å². The van der Waals surface area contributed by atoms with E-state index in [1.165, 1.54) is 5.56 Å². The molecule has 0 aliphatic carbocycles. The first-order valence-corrected chi connectivity index (χ1v) is 8.99. The summed E-state index contributed by atoms with van der Waals surface area (Å²) in [5.41, 5.74) is 1.28. The van der Waals surface area contributed by atoms with Crippen molar-refractivity contribution in [2.24, 2.45) is 4.99 Å². The van der Waals surface area contributed by atoms with Gasteiger partial charge >= 0.3 is 0 Å². The molecule has 0 saturated heterocycles. The van der Waals surface area contributed by atoms with Crippen LogP contribution in [0.25, 0.3) is 0 Å². The van der Waals surface area contributed by atoms with Gasteiger partial charge in [-0.05, 0) is 49.1 Å². The van der Waals surface area contributed by atoms with E-state index in [0.29, 0.717) is 13.2 Å². The minimum atomic E-state index is 0.518. The molecule has 1 heterocycles. The number of rotatable bonds is 11. The molecule has 6 nitrogen and oxygen atoms in total. The molecular formula is C20H29N3O3. The normalized spacial score (nSPS) is 11.4. The molecule has 0 saturated carbocycles. The fraction of sp³-hybridized carbons (Fsp3) is 0.450. The number of nitrogens with zero attached hydrogens (tertiary/aromatic N) is 1. The van der Waals surface area contributed by atoms with Crippen molar-refractivity contribution >= 4 is 5.96 Å². The monoisotopic (exact) mass is 359 g/mol. The van der Waals surface area contributed by atoms with E-state index in [1.807, 2.05) is 24.3 Å². The molecule has 2 aromatic rings. The average molecular weight is 359 g/mol. The maximum Gasteiger partial charge on any atom is 0.190 e. The van der Waals surface area contributed by atoms with Gasteiger partial charge in [0, 0.05) is 26.7 Å². The zero-order valence-electron chi connectivity index (χ0n) is 15.7. The zero-order valence-corrected chi connectivity index (χ0v) is 15.7. The predicted molar refractivity (Wildman–Crippen MR) is 104 cm³/mol. The minimum Gasteiger partial charge on any atom is -0.497 e. The Bertz CT molecular complexity index is 642. The number of hydrogen-bond donors (Lipinski definition) is 2. The van der Waals surface area contributed by atoms with Crippen molar-refractivity contribution < 1.29 is 13.9 Å². The summed E-state index contributed by atoms with van der Waals surface area (Å²) in [5, 5.41) is 6.63. The first-order chi connectivity index (χ1) is 12.8. The molecule has 0 aliphatic rings. The van der Waals surface area contributed by atoms with Gasteiger partial charge in [0.2, 0.25) is 0 Å². The Morgan fingerprint density at radius 2 is 1.96 bits per heavy atom. The van der Waals surface area contributed by atoms with Gasteiger partial charge in [0.05, 0.1) is 13.4 Å². The summed E-state index contributed by atoms with van der Waals surface area (Å²) in [6.07, 6.45) is 4.59. The molecule has 0 spiro atoms. The van der Waals surface area contributed by atoms with Crippen LogP contribution in [0.15, 0.2) is 52.1 Å². The summed E-state index contributed by atoms with van der Waals surface area (Å²) in [6, 6.07) is 12.0. The van der Waals surface area contributed by atoms with Gasteiger partial charge in [0.25, 0.3) is 0 Å². The second-order valence-corrected chi connectivity index (χ2v) is 5.87. The predicted octanol–water partition coefficient (Wildman–Crippen LogP) is 2.99. The van der Waals surface area contributed by atoms with Crippen LogP contribution in [0.5, 0.6) is 5.75 Å². The Morgan fingerprint density at radius 3 is 2.69 bits per heavy atom. The number of benzene rings is 1. The molecule has 0 fully saturated rings. The van der Waals surface area contributed by atoms with E-state index in [9.17, 15) is 0 Å². The van der Waals surface area contributed by atoms with Crippen LogP contribution in [0.3, 0.4) is 0 Å².